The topological polar surface area (TPSA) is 75.6 Å². The van der Waals surface area contributed by atoms with Gasteiger partial charge < -0.3 is 15.2 Å². The zero-order valence-corrected chi connectivity index (χ0v) is 7.66. The van der Waals surface area contributed by atoms with Gasteiger partial charge in [-0.15, -0.1) is 0 Å². The summed E-state index contributed by atoms with van der Waals surface area (Å²) < 4.78 is 4.83. The van der Waals surface area contributed by atoms with Crippen LogP contribution in [0.1, 0.15) is 13.3 Å². The number of hydrogen-bond acceptors (Lipinski definition) is 4. The minimum absolute atomic E-state index is 0.117. The highest BCUT2D eigenvalue weighted by Gasteiger charge is 2.53. The second kappa shape index (κ2) is 3.33. The van der Waals surface area contributed by atoms with Crippen LogP contribution in [0.25, 0.3) is 0 Å². The van der Waals surface area contributed by atoms with Crippen molar-refractivity contribution >= 4 is 11.9 Å². The van der Waals surface area contributed by atoms with Crippen LogP contribution in [0.3, 0.4) is 0 Å². The molecular weight excluding hydrogens is 174 g/mol. The first-order chi connectivity index (χ1) is 6.03. The lowest BCUT2D eigenvalue weighted by Crippen LogP contribution is -2.43. The summed E-state index contributed by atoms with van der Waals surface area (Å²) >= 11 is 0. The van der Waals surface area contributed by atoms with Crippen LogP contribution in [-0.2, 0) is 14.3 Å². The van der Waals surface area contributed by atoms with Gasteiger partial charge in [-0.1, -0.05) is 0 Å². The van der Waals surface area contributed by atoms with E-state index in [1.165, 1.54) is 0 Å². The molecular formula is C8H13NO4. The van der Waals surface area contributed by atoms with Crippen molar-refractivity contribution in [2.45, 2.75) is 19.4 Å². The molecule has 0 aliphatic carbocycles. The highest BCUT2D eigenvalue weighted by molar-refractivity contribution is 6.00. The fourth-order valence-electron chi connectivity index (χ4n) is 1.61. The van der Waals surface area contributed by atoms with Crippen LogP contribution in [0.4, 0.5) is 0 Å². The van der Waals surface area contributed by atoms with E-state index in [2.05, 4.69) is 5.32 Å². The summed E-state index contributed by atoms with van der Waals surface area (Å²) in [7, 11) is 1.61. The van der Waals surface area contributed by atoms with Crippen LogP contribution in [0, 0.1) is 5.41 Å². The summed E-state index contributed by atoms with van der Waals surface area (Å²) in [6, 6.07) is 0. The highest BCUT2D eigenvalue weighted by atomic mass is 16.6. The lowest BCUT2D eigenvalue weighted by Gasteiger charge is -2.18. The highest BCUT2D eigenvalue weighted by Crippen LogP contribution is 2.33. The number of esters is 1. The number of ether oxygens (including phenoxy) is 1. The Morgan fingerprint density at radius 2 is 2.46 bits per heavy atom. The molecule has 0 radical (unpaired) electrons. The number of carboxylic acids is 1. The number of carbonyl (C=O) groups excluding carboxylic acids is 1. The van der Waals surface area contributed by atoms with Gasteiger partial charge in [0.05, 0.1) is 0 Å². The van der Waals surface area contributed by atoms with Crippen LogP contribution >= 0.6 is 0 Å². The van der Waals surface area contributed by atoms with E-state index in [9.17, 15) is 9.59 Å². The summed E-state index contributed by atoms with van der Waals surface area (Å²) in [6.45, 7) is 1.81. The van der Waals surface area contributed by atoms with E-state index in [-0.39, 0.29) is 19.1 Å². The zero-order valence-electron chi connectivity index (χ0n) is 7.66. The average Bonchev–Trinajstić information content (AvgIpc) is 2.28. The Labute approximate surface area is 76.1 Å². The van der Waals surface area contributed by atoms with Crippen molar-refractivity contribution in [2.75, 3.05) is 13.6 Å². The molecule has 0 amide bonds. The Morgan fingerprint density at radius 3 is 2.77 bits per heavy atom. The number of carbonyl (C=O) groups is 2. The molecule has 2 atom stereocenters. The van der Waals surface area contributed by atoms with E-state index < -0.39 is 17.4 Å². The van der Waals surface area contributed by atoms with E-state index in [0.29, 0.717) is 0 Å². The maximum Gasteiger partial charge on any atom is 0.325 e. The van der Waals surface area contributed by atoms with Crippen molar-refractivity contribution in [2.24, 2.45) is 5.41 Å². The Hall–Kier alpha value is -1.10. The van der Waals surface area contributed by atoms with Crippen LogP contribution in [-0.4, -0.2) is 36.7 Å². The maximum atomic E-state index is 11.3. The van der Waals surface area contributed by atoms with Gasteiger partial charge in [0.2, 0.25) is 0 Å². The summed E-state index contributed by atoms with van der Waals surface area (Å²) in [5.74, 6) is -1.75. The minimum atomic E-state index is -1.38. The van der Waals surface area contributed by atoms with Crippen LogP contribution in [0.5, 0.6) is 0 Å². The van der Waals surface area contributed by atoms with E-state index >= 15 is 0 Å². The van der Waals surface area contributed by atoms with Crippen molar-refractivity contribution < 1.29 is 19.4 Å². The first-order valence-corrected chi connectivity index (χ1v) is 4.12. The molecule has 0 aromatic rings. The molecule has 1 saturated heterocycles. The summed E-state index contributed by atoms with van der Waals surface area (Å²) in [5.41, 5.74) is -1.38. The van der Waals surface area contributed by atoms with Gasteiger partial charge in [0.25, 0.3) is 0 Å². The number of carboxylic acid groups (broad SMARTS) is 1. The first-order valence-electron chi connectivity index (χ1n) is 4.12. The molecule has 0 aromatic heterocycles. The molecule has 13 heavy (non-hydrogen) atoms. The van der Waals surface area contributed by atoms with Gasteiger partial charge in [0, 0.05) is 13.0 Å². The third-order valence-corrected chi connectivity index (χ3v) is 2.22. The summed E-state index contributed by atoms with van der Waals surface area (Å²) in [4.78, 5) is 22.2. The van der Waals surface area contributed by atoms with E-state index in [1.54, 1.807) is 14.0 Å². The molecule has 0 bridgehead atoms. The molecule has 2 unspecified atom stereocenters. The molecule has 0 aromatic carbocycles. The molecule has 0 spiro atoms. The number of rotatable bonds is 3. The lowest BCUT2D eigenvalue weighted by atomic mass is 9.85. The monoisotopic (exact) mass is 187 g/mol. The Morgan fingerprint density at radius 1 is 1.85 bits per heavy atom. The standard InChI is InChI=1S/C8H13NO4/c1-5-3-8(4-9-2,6(10)11)7(12)13-5/h5,9H,3-4H2,1-2H3,(H,10,11). The van der Waals surface area contributed by atoms with Crippen molar-refractivity contribution in [3.05, 3.63) is 0 Å². The third-order valence-electron chi connectivity index (χ3n) is 2.22. The number of nitrogens with one attached hydrogen (secondary N) is 1. The number of aliphatic carboxylic acids is 1. The molecule has 1 heterocycles. The normalized spacial score (nSPS) is 33.1. The smallest absolute Gasteiger partial charge is 0.325 e. The average molecular weight is 187 g/mol. The lowest BCUT2D eigenvalue weighted by molar-refractivity contribution is -0.160. The molecule has 1 fully saturated rings. The van der Waals surface area contributed by atoms with Crippen molar-refractivity contribution in [3.63, 3.8) is 0 Å². The predicted octanol–water partition coefficient (Wildman–Crippen LogP) is -0.388. The van der Waals surface area contributed by atoms with Gasteiger partial charge >= 0.3 is 11.9 Å². The maximum absolute atomic E-state index is 11.3. The molecule has 5 heteroatoms. The van der Waals surface area contributed by atoms with E-state index in [1.807, 2.05) is 0 Å². The second-order valence-electron chi connectivity index (χ2n) is 3.34. The molecule has 1 aliphatic rings. The van der Waals surface area contributed by atoms with Crippen molar-refractivity contribution in [1.29, 1.82) is 0 Å². The molecule has 1 aliphatic heterocycles. The van der Waals surface area contributed by atoms with E-state index in [0.717, 1.165) is 0 Å². The fraction of sp³-hybridized carbons (Fsp3) is 0.750. The second-order valence-corrected chi connectivity index (χ2v) is 3.34. The van der Waals surface area contributed by atoms with Gasteiger partial charge in [-0.25, -0.2) is 0 Å². The molecule has 2 N–H and O–H groups in total. The van der Waals surface area contributed by atoms with Gasteiger partial charge in [0.15, 0.2) is 5.41 Å². The van der Waals surface area contributed by atoms with Gasteiger partial charge in [-0.05, 0) is 14.0 Å². The number of cyclic esters (lactones) is 1. The van der Waals surface area contributed by atoms with Gasteiger partial charge in [-0.2, -0.15) is 0 Å². The predicted molar refractivity (Wildman–Crippen MR) is 44.2 cm³/mol. The van der Waals surface area contributed by atoms with Crippen LogP contribution < -0.4 is 5.32 Å². The minimum Gasteiger partial charge on any atom is -0.480 e. The van der Waals surface area contributed by atoms with Crippen LogP contribution in [0.2, 0.25) is 0 Å². The van der Waals surface area contributed by atoms with Gasteiger partial charge in [0.1, 0.15) is 6.10 Å². The van der Waals surface area contributed by atoms with Crippen molar-refractivity contribution in [3.8, 4) is 0 Å². The quantitative estimate of drug-likeness (QED) is 0.465. The van der Waals surface area contributed by atoms with Crippen molar-refractivity contribution in [1.82, 2.24) is 5.32 Å². The molecule has 0 saturated carbocycles. The fourth-order valence-corrected chi connectivity index (χ4v) is 1.61. The Bertz CT molecular complexity index is 240. The Balaban J connectivity index is 2.90. The van der Waals surface area contributed by atoms with Crippen LogP contribution in [0.15, 0.2) is 0 Å². The Kier molecular flexibility index (Phi) is 2.56. The SMILES string of the molecule is CNCC1(C(=O)O)CC(C)OC1=O. The molecule has 5 nitrogen and oxygen atoms in total. The van der Waals surface area contributed by atoms with E-state index in [4.69, 9.17) is 9.84 Å². The van der Waals surface area contributed by atoms with Gasteiger partial charge in [-0.3, -0.25) is 9.59 Å². The largest absolute Gasteiger partial charge is 0.480 e. The molecule has 1 rings (SSSR count). The number of hydrogen-bond donors (Lipinski definition) is 2. The summed E-state index contributed by atoms with van der Waals surface area (Å²) in [5, 5.41) is 11.6. The zero-order chi connectivity index (χ0) is 10.1. The summed E-state index contributed by atoms with van der Waals surface area (Å²) in [6.07, 6.45) is -0.0703. The molecule has 74 valence electrons. The third kappa shape index (κ3) is 1.51. The first kappa shape index (κ1) is 9.98.